The van der Waals surface area contributed by atoms with E-state index in [1.54, 1.807) is 12.3 Å². The molecule has 2 rings (SSSR count). The summed E-state index contributed by atoms with van der Waals surface area (Å²) in [6.07, 6.45) is 3.63. The summed E-state index contributed by atoms with van der Waals surface area (Å²) in [6, 6.07) is 4.99. The van der Waals surface area contributed by atoms with Crippen LogP contribution in [-0.2, 0) is 7.05 Å². The van der Waals surface area contributed by atoms with Gasteiger partial charge in [0.25, 0.3) is 0 Å². The molecule has 17 heavy (non-hydrogen) atoms. The van der Waals surface area contributed by atoms with E-state index in [2.05, 4.69) is 26.2 Å². The summed E-state index contributed by atoms with van der Waals surface area (Å²) in [7, 11) is 1.93. The lowest BCUT2D eigenvalue weighted by Gasteiger charge is -2.15. The molecule has 2 aromatic rings. The topological polar surface area (TPSA) is 29.9 Å². The number of benzene rings is 1. The number of nitrogens with one attached hydrogen (secondary N) is 1. The Morgan fingerprint density at radius 3 is 2.82 bits per heavy atom. The van der Waals surface area contributed by atoms with Crippen LogP contribution in [0.3, 0.4) is 0 Å². The third kappa shape index (κ3) is 2.66. The zero-order chi connectivity index (χ0) is 12.4. The Labute approximate surface area is 108 Å². The number of hydrogen-bond acceptors (Lipinski definition) is 2. The Kier molecular flexibility index (Phi) is 3.47. The Balaban J connectivity index is 2.16. The normalized spacial score (nSPS) is 12.5. The second-order valence-electron chi connectivity index (χ2n) is 3.89. The first-order valence-corrected chi connectivity index (χ1v) is 6.06. The molecule has 0 saturated carbocycles. The second-order valence-corrected chi connectivity index (χ2v) is 4.75. The molecule has 0 amide bonds. The van der Waals surface area contributed by atoms with Gasteiger partial charge in [-0.25, -0.2) is 9.37 Å². The fraction of sp³-hybridized carbons (Fsp3) is 0.250. The van der Waals surface area contributed by atoms with Crippen molar-refractivity contribution in [2.24, 2.45) is 7.05 Å². The molecule has 1 N–H and O–H groups in total. The Morgan fingerprint density at radius 1 is 1.47 bits per heavy atom. The molecule has 3 nitrogen and oxygen atoms in total. The highest BCUT2D eigenvalue weighted by Gasteiger charge is 2.10. The molecule has 5 heteroatoms. The van der Waals surface area contributed by atoms with E-state index in [-0.39, 0.29) is 11.9 Å². The van der Waals surface area contributed by atoms with Crippen LogP contribution < -0.4 is 5.32 Å². The molecular formula is C12H13BrFN3. The lowest BCUT2D eigenvalue weighted by molar-refractivity contribution is 0.621. The van der Waals surface area contributed by atoms with Crippen LogP contribution in [0.1, 0.15) is 18.8 Å². The van der Waals surface area contributed by atoms with Crippen molar-refractivity contribution in [1.82, 2.24) is 9.55 Å². The fourth-order valence-electron chi connectivity index (χ4n) is 1.69. The molecule has 0 aliphatic heterocycles. The van der Waals surface area contributed by atoms with E-state index in [0.717, 1.165) is 11.5 Å². The van der Waals surface area contributed by atoms with E-state index < -0.39 is 0 Å². The number of nitrogens with zero attached hydrogens (tertiary/aromatic N) is 2. The SMILES string of the molecule is CC(Nc1ccc(Br)c(F)c1)c1nccn1C. The van der Waals surface area contributed by atoms with Crippen molar-refractivity contribution in [2.45, 2.75) is 13.0 Å². The maximum Gasteiger partial charge on any atom is 0.139 e. The van der Waals surface area contributed by atoms with Crippen molar-refractivity contribution >= 4 is 21.6 Å². The number of aromatic nitrogens is 2. The molecule has 90 valence electrons. The van der Waals surface area contributed by atoms with Gasteiger partial charge in [0.1, 0.15) is 11.6 Å². The number of halogens is 2. The van der Waals surface area contributed by atoms with E-state index in [4.69, 9.17) is 0 Å². The summed E-state index contributed by atoms with van der Waals surface area (Å²) in [6.45, 7) is 1.99. The van der Waals surface area contributed by atoms with Gasteiger partial charge < -0.3 is 9.88 Å². The Hall–Kier alpha value is -1.36. The van der Waals surface area contributed by atoms with Crippen LogP contribution >= 0.6 is 15.9 Å². The summed E-state index contributed by atoms with van der Waals surface area (Å²) < 4.78 is 15.7. The molecule has 0 spiro atoms. The largest absolute Gasteiger partial charge is 0.375 e. The van der Waals surface area contributed by atoms with Gasteiger partial charge in [0.05, 0.1) is 10.5 Å². The molecule has 0 aliphatic carbocycles. The predicted octanol–water partition coefficient (Wildman–Crippen LogP) is 3.49. The van der Waals surface area contributed by atoms with Crippen LogP contribution in [0.5, 0.6) is 0 Å². The van der Waals surface area contributed by atoms with Crippen LogP contribution in [0.25, 0.3) is 0 Å². The second kappa shape index (κ2) is 4.87. The minimum atomic E-state index is -0.276. The van der Waals surface area contributed by atoms with E-state index in [1.807, 2.05) is 30.8 Å². The molecule has 0 radical (unpaired) electrons. The van der Waals surface area contributed by atoms with Gasteiger partial charge in [0.2, 0.25) is 0 Å². The molecule has 0 fully saturated rings. The van der Waals surface area contributed by atoms with E-state index in [9.17, 15) is 4.39 Å². The van der Waals surface area contributed by atoms with Crippen molar-refractivity contribution in [2.75, 3.05) is 5.32 Å². The molecule has 0 aliphatic rings. The number of anilines is 1. The van der Waals surface area contributed by atoms with Gasteiger partial charge in [-0.3, -0.25) is 0 Å². The van der Waals surface area contributed by atoms with Crippen molar-refractivity contribution in [1.29, 1.82) is 0 Å². The van der Waals surface area contributed by atoms with Crippen LogP contribution in [0.2, 0.25) is 0 Å². The molecule has 1 atom stereocenters. The van der Waals surface area contributed by atoms with Gasteiger partial charge in [-0.15, -0.1) is 0 Å². The van der Waals surface area contributed by atoms with Gasteiger partial charge in [-0.1, -0.05) is 0 Å². The van der Waals surface area contributed by atoms with Crippen molar-refractivity contribution in [3.63, 3.8) is 0 Å². The smallest absolute Gasteiger partial charge is 0.139 e. The van der Waals surface area contributed by atoms with Crippen LogP contribution in [0.4, 0.5) is 10.1 Å². The lowest BCUT2D eigenvalue weighted by Crippen LogP contribution is -2.11. The van der Waals surface area contributed by atoms with Crippen molar-refractivity contribution in [3.8, 4) is 0 Å². The molecule has 1 unspecified atom stereocenters. The Morgan fingerprint density at radius 2 is 2.24 bits per heavy atom. The van der Waals surface area contributed by atoms with Crippen LogP contribution in [-0.4, -0.2) is 9.55 Å². The van der Waals surface area contributed by atoms with E-state index in [0.29, 0.717) is 4.47 Å². The summed E-state index contributed by atoms with van der Waals surface area (Å²) >= 11 is 3.13. The minimum absolute atomic E-state index is 0.0237. The first-order valence-electron chi connectivity index (χ1n) is 5.26. The maximum atomic E-state index is 13.3. The average Bonchev–Trinajstić information content (AvgIpc) is 2.70. The molecule has 0 bridgehead atoms. The molecule has 1 heterocycles. The highest BCUT2D eigenvalue weighted by atomic mass is 79.9. The van der Waals surface area contributed by atoms with Gasteiger partial charge in [-0.05, 0) is 41.1 Å². The van der Waals surface area contributed by atoms with Crippen molar-refractivity contribution < 1.29 is 4.39 Å². The third-order valence-electron chi connectivity index (χ3n) is 2.55. The third-order valence-corrected chi connectivity index (χ3v) is 3.19. The number of imidazole rings is 1. The molecule has 1 aromatic carbocycles. The number of hydrogen-bond donors (Lipinski definition) is 1. The van der Waals surface area contributed by atoms with Crippen LogP contribution in [0, 0.1) is 5.82 Å². The van der Waals surface area contributed by atoms with Gasteiger partial charge >= 0.3 is 0 Å². The molecule has 0 saturated heterocycles. The van der Waals surface area contributed by atoms with Crippen molar-refractivity contribution in [3.05, 3.63) is 46.7 Å². The summed E-state index contributed by atoms with van der Waals surface area (Å²) in [5, 5.41) is 3.21. The number of aryl methyl sites for hydroxylation is 1. The first kappa shape index (κ1) is 12.1. The molecule has 1 aromatic heterocycles. The van der Waals surface area contributed by atoms with E-state index in [1.165, 1.54) is 6.07 Å². The van der Waals surface area contributed by atoms with Gasteiger partial charge in [0, 0.05) is 25.1 Å². The average molecular weight is 298 g/mol. The highest BCUT2D eigenvalue weighted by Crippen LogP contribution is 2.22. The summed E-state index contributed by atoms with van der Waals surface area (Å²) in [4.78, 5) is 4.25. The lowest BCUT2D eigenvalue weighted by atomic mass is 10.2. The maximum absolute atomic E-state index is 13.3. The zero-order valence-electron chi connectivity index (χ0n) is 9.61. The standard InChI is InChI=1S/C12H13BrFN3/c1-8(12-15-5-6-17(12)2)16-9-3-4-10(13)11(14)7-9/h3-8,16H,1-2H3. The summed E-state index contributed by atoms with van der Waals surface area (Å²) in [5.74, 6) is 0.635. The monoisotopic (exact) mass is 297 g/mol. The van der Waals surface area contributed by atoms with Gasteiger partial charge in [0.15, 0.2) is 0 Å². The Bertz CT molecular complexity index is 524. The first-order chi connectivity index (χ1) is 8.08. The van der Waals surface area contributed by atoms with Gasteiger partial charge in [-0.2, -0.15) is 0 Å². The number of rotatable bonds is 3. The molecular weight excluding hydrogens is 285 g/mol. The quantitative estimate of drug-likeness (QED) is 0.940. The van der Waals surface area contributed by atoms with E-state index >= 15 is 0 Å². The minimum Gasteiger partial charge on any atom is -0.375 e. The fourth-order valence-corrected chi connectivity index (χ4v) is 1.94. The summed E-state index contributed by atoms with van der Waals surface area (Å²) in [5.41, 5.74) is 0.737. The van der Waals surface area contributed by atoms with Crippen LogP contribution in [0.15, 0.2) is 35.1 Å². The zero-order valence-corrected chi connectivity index (χ0v) is 11.2. The highest BCUT2D eigenvalue weighted by molar-refractivity contribution is 9.10. The predicted molar refractivity (Wildman–Crippen MR) is 69.3 cm³/mol.